The van der Waals surface area contributed by atoms with Gasteiger partial charge in [-0.15, -0.1) is 0 Å². The molecule has 0 aliphatic heterocycles. The Balaban J connectivity index is 1.52. The Bertz CT molecular complexity index is 650. The Morgan fingerprint density at radius 2 is 1.62 bits per heavy atom. The lowest BCUT2D eigenvalue weighted by Crippen LogP contribution is -2.06. The third-order valence-corrected chi connectivity index (χ3v) is 2.87. The van der Waals surface area contributed by atoms with E-state index in [9.17, 15) is 0 Å². The lowest BCUT2D eigenvalue weighted by molar-refractivity contribution is 0.995. The average Bonchev–Trinajstić information content (AvgIpc) is 3.06. The van der Waals surface area contributed by atoms with Gasteiger partial charge in [-0.1, -0.05) is 30.3 Å². The van der Waals surface area contributed by atoms with Crippen LogP contribution in [0.5, 0.6) is 0 Å². The first-order valence-electron chi connectivity index (χ1n) is 6.58. The molecule has 3 aromatic rings. The predicted molar refractivity (Wildman–Crippen MR) is 79.5 cm³/mol. The summed E-state index contributed by atoms with van der Waals surface area (Å²) in [6.45, 7) is 1.30. The summed E-state index contributed by atoms with van der Waals surface area (Å²) < 4.78 is 0. The van der Waals surface area contributed by atoms with Crippen LogP contribution in [0, 0.1) is 0 Å². The number of benzene rings is 1. The maximum atomic E-state index is 4.29. The van der Waals surface area contributed by atoms with E-state index in [0.29, 0.717) is 25.0 Å². The lowest BCUT2D eigenvalue weighted by atomic mass is 10.2. The third kappa shape index (κ3) is 3.75. The van der Waals surface area contributed by atoms with Crippen LogP contribution in [0.25, 0.3) is 0 Å². The molecule has 3 rings (SSSR count). The number of hydrogen-bond donors (Lipinski definition) is 3. The Morgan fingerprint density at radius 1 is 0.857 bits per heavy atom. The molecule has 0 radical (unpaired) electrons. The molecule has 3 N–H and O–H groups in total. The van der Waals surface area contributed by atoms with Gasteiger partial charge in [0.2, 0.25) is 11.9 Å². The maximum absolute atomic E-state index is 4.29. The molecule has 0 saturated carbocycles. The number of aromatic nitrogens is 5. The van der Waals surface area contributed by atoms with Crippen molar-refractivity contribution in [3.8, 4) is 0 Å². The van der Waals surface area contributed by atoms with Crippen LogP contribution in [0.1, 0.15) is 11.1 Å². The number of rotatable bonds is 6. The molecule has 7 heteroatoms. The van der Waals surface area contributed by atoms with Gasteiger partial charge in [0.1, 0.15) is 6.33 Å². The standard InChI is InChI=1S/C14H15N7/c1-2-4-11(5-3-1)6-15-13-16-7-12(8-17-13)9-18-14-19-10-20-21-14/h1-5,7-8,10H,6,9H2,(H,15,16,17)(H2,18,19,20,21). The van der Waals surface area contributed by atoms with E-state index in [0.717, 1.165) is 5.56 Å². The Labute approximate surface area is 121 Å². The van der Waals surface area contributed by atoms with Gasteiger partial charge in [-0.05, 0) is 5.56 Å². The zero-order valence-corrected chi connectivity index (χ0v) is 11.3. The molecule has 2 aromatic heterocycles. The Hall–Kier alpha value is -2.96. The van der Waals surface area contributed by atoms with Gasteiger partial charge in [0.25, 0.3) is 0 Å². The highest BCUT2D eigenvalue weighted by molar-refractivity contribution is 5.29. The van der Waals surface area contributed by atoms with Gasteiger partial charge < -0.3 is 10.6 Å². The van der Waals surface area contributed by atoms with E-state index in [1.54, 1.807) is 12.4 Å². The van der Waals surface area contributed by atoms with Crippen LogP contribution in [-0.2, 0) is 13.1 Å². The first-order chi connectivity index (χ1) is 10.4. The number of nitrogens with zero attached hydrogens (tertiary/aromatic N) is 4. The second kappa shape index (κ2) is 6.47. The van der Waals surface area contributed by atoms with Crippen molar-refractivity contribution in [1.29, 1.82) is 0 Å². The van der Waals surface area contributed by atoms with Crippen LogP contribution >= 0.6 is 0 Å². The van der Waals surface area contributed by atoms with Crippen molar-refractivity contribution in [2.45, 2.75) is 13.1 Å². The fraction of sp³-hybridized carbons (Fsp3) is 0.143. The van der Waals surface area contributed by atoms with E-state index in [1.807, 2.05) is 18.2 Å². The topological polar surface area (TPSA) is 91.4 Å². The highest BCUT2D eigenvalue weighted by Crippen LogP contribution is 2.05. The molecule has 0 aliphatic rings. The van der Waals surface area contributed by atoms with E-state index in [1.165, 1.54) is 11.9 Å². The van der Waals surface area contributed by atoms with Crippen molar-refractivity contribution in [2.24, 2.45) is 0 Å². The van der Waals surface area contributed by atoms with Crippen molar-refractivity contribution >= 4 is 11.9 Å². The van der Waals surface area contributed by atoms with Crippen molar-refractivity contribution < 1.29 is 0 Å². The highest BCUT2D eigenvalue weighted by Gasteiger charge is 1.99. The molecular formula is C14H15N7. The van der Waals surface area contributed by atoms with E-state index in [-0.39, 0.29) is 0 Å². The first-order valence-corrected chi connectivity index (χ1v) is 6.58. The lowest BCUT2D eigenvalue weighted by Gasteiger charge is -2.06. The molecule has 106 valence electrons. The van der Waals surface area contributed by atoms with E-state index in [4.69, 9.17) is 0 Å². The number of aromatic amines is 1. The second-order valence-electron chi connectivity index (χ2n) is 4.44. The van der Waals surface area contributed by atoms with E-state index in [2.05, 4.69) is 47.9 Å². The fourth-order valence-corrected chi connectivity index (χ4v) is 1.79. The molecule has 0 fully saturated rings. The normalized spacial score (nSPS) is 10.3. The summed E-state index contributed by atoms with van der Waals surface area (Å²) in [5, 5.41) is 12.8. The van der Waals surface area contributed by atoms with Crippen LogP contribution in [-0.4, -0.2) is 25.1 Å². The second-order valence-corrected chi connectivity index (χ2v) is 4.44. The van der Waals surface area contributed by atoms with Crippen LogP contribution in [0.4, 0.5) is 11.9 Å². The monoisotopic (exact) mass is 281 g/mol. The Kier molecular flexibility index (Phi) is 4.02. The fourth-order valence-electron chi connectivity index (χ4n) is 1.79. The van der Waals surface area contributed by atoms with Crippen molar-refractivity contribution in [1.82, 2.24) is 25.1 Å². The minimum absolute atomic E-state index is 0.591. The minimum Gasteiger partial charge on any atom is -0.350 e. The van der Waals surface area contributed by atoms with E-state index >= 15 is 0 Å². The SMILES string of the molecule is c1ccc(CNc2ncc(CNc3ncn[nH]3)cn2)cc1. The molecule has 2 heterocycles. The largest absolute Gasteiger partial charge is 0.350 e. The van der Waals surface area contributed by atoms with Crippen molar-refractivity contribution in [3.63, 3.8) is 0 Å². The van der Waals surface area contributed by atoms with Crippen LogP contribution in [0.2, 0.25) is 0 Å². The summed E-state index contributed by atoms with van der Waals surface area (Å²) in [5.41, 5.74) is 2.16. The molecule has 0 saturated heterocycles. The van der Waals surface area contributed by atoms with Crippen LogP contribution in [0.3, 0.4) is 0 Å². The molecule has 0 unspecified atom stereocenters. The summed E-state index contributed by atoms with van der Waals surface area (Å²) in [4.78, 5) is 12.6. The molecule has 0 atom stereocenters. The number of H-pyrrole nitrogens is 1. The summed E-state index contributed by atoms with van der Waals surface area (Å²) >= 11 is 0. The molecule has 1 aromatic carbocycles. The van der Waals surface area contributed by atoms with Gasteiger partial charge in [-0.3, -0.25) is 0 Å². The van der Waals surface area contributed by atoms with Gasteiger partial charge >= 0.3 is 0 Å². The molecule has 21 heavy (non-hydrogen) atoms. The predicted octanol–water partition coefficient (Wildman–Crippen LogP) is 1.82. The first kappa shape index (κ1) is 13.0. The smallest absolute Gasteiger partial charge is 0.222 e. The van der Waals surface area contributed by atoms with Gasteiger partial charge in [-0.2, -0.15) is 5.10 Å². The number of nitrogens with one attached hydrogen (secondary N) is 3. The number of anilines is 2. The molecule has 0 spiro atoms. The van der Waals surface area contributed by atoms with Crippen LogP contribution in [0.15, 0.2) is 49.1 Å². The van der Waals surface area contributed by atoms with E-state index < -0.39 is 0 Å². The molecule has 0 amide bonds. The summed E-state index contributed by atoms with van der Waals surface area (Å²) in [6, 6.07) is 10.1. The zero-order valence-electron chi connectivity index (χ0n) is 11.3. The van der Waals surface area contributed by atoms with Gasteiger partial charge in [0.15, 0.2) is 0 Å². The van der Waals surface area contributed by atoms with Crippen LogP contribution < -0.4 is 10.6 Å². The summed E-state index contributed by atoms with van der Waals surface area (Å²) in [6.07, 6.45) is 5.02. The summed E-state index contributed by atoms with van der Waals surface area (Å²) in [5.74, 6) is 1.24. The Morgan fingerprint density at radius 3 is 2.33 bits per heavy atom. The average molecular weight is 281 g/mol. The molecular weight excluding hydrogens is 266 g/mol. The highest BCUT2D eigenvalue weighted by atomic mass is 15.3. The molecule has 0 bridgehead atoms. The van der Waals surface area contributed by atoms with Crippen molar-refractivity contribution in [2.75, 3.05) is 10.6 Å². The molecule has 0 aliphatic carbocycles. The maximum Gasteiger partial charge on any atom is 0.222 e. The third-order valence-electron chi connectivity index (χ3n) is 2.87. The van der Waals surface area contributed by atoms with Crippen molar-refractivity contribution in [3.05, 3.63) is 60.2 Å². The minimum atomic E-state index is 0.591. The summed E-state index contributed by atoms with van der Waals surface area (Å²) in [7, 11) is 0. The quantitative estimate of drug-likeness (QED) is 0.638. The van der Waals surface area contributed by atoms with Gasteiger partial charge in [0, 0.05) is 31.0 Å². The number of hydrogen-bond acceptors (Lipinski definition) is 6. The molecule has 7 nitrogen and oxygen atoms in total. The zero-order chi connectivity index (χ0) is 14.3. The van der Waals surface area contributed by atoms with Gasteiger partial charge in [-0.25, -0.2) is 20.1 Å². The van der Waals surface area contributed by atoms with Gasteiger partial charge in [0.05, 0.1) is 0 Å².